The molecule has 0 saturated carbocycles. The number of hydrogen-bond acceptors (Lipinski definition) is 4. The lowest BCUT2D eigenvalue weighted by Crippen LogP contribution is -2.55. The van der Waals surface area contributed by atoms with Crippen molar-refractivity contribution >= 4 is 23.2 Å². The van der Waals surface area contributed by atoms with Gasteiger partial charge < -0.3 is 9.80 Å². The number of aryl methyl sites for hydroxylation is 1. The molecule has 202 valence electrons. The molecule has 1 aromatic heterocycles. The smallest absolute Gasteiger partial charge is 0.223 e. The Bertz CT molecular complexity index is 1020. The second-order valence-electron chi connectivity index (χ2n) is 10.9. The van der Waals surface area contributed by atoms with Gasteiger partial charge >= 0.3 is 0 Å². The Morgan fingerprint density at radius 2 is 1.68 bits per heavy atom. The van der Waals surface area contributed by atoms with E-state index in [9.17, 15) is 9.59 Å². The van der Waals surface area contributed by atoms with Gasteiger partial charge in [0, 0.05) is 56.5 Å². The number of carbonyl (C=O) groups is 2. The molecule has 2 aliphatic heterocycles. The fourth-order valence-corrected chi connectivity index (χ4v) is 6.80. The lowest BCUT2D eigenvalue weighted by atomic mass is 9.92. The molecule has 5 nitrogen and oxygen atoms in total. The van der Waals surface area contributed by atoms with Crippen molar-refractivity contribution in [3.63, 3.8) is 0 Å². The number of piperazine rings is 1. The standard InChI is InChI=1S/C31H45N3O2S/c1-4-5-6-7-8-9-10-30(36)34-21-20-33(23-25(34)3)29(35)16-19-32-18-15-28-27(17-22-37-28)31(32)26-13-11-24(2)12-14-26/h11-14,17,22,25,31H,4-10,15-16,18-21,23H2,1-3H3/t25-,31+/m1/s1. The minimum atomic E-state index is 0.0916. The van der Waals surface area contributed by atoms with Crippen molar-refractivity contribution in [3.05, 3.63) is 57.3 Å². The molecular weight excluding hydrogens is 478 g/mol. The van der Waals surface area contributed by atoms with E-state index in [1.165, 1.54) is 47.3 Å². The van der Waals surface area contributed by atoms with Crippen LogP contribution in [-0.4, -0.2) is 65.3 Å². The van der Waals surface area contributed by atoms with Gasteiger partial charge in [0.15, 0.2) is 0 Å². The second kappa shape index (κ2) is 13.6. The molecule has 4 rings (SSSR count). The highest BCUT2D eigenvalue weighted by Crippen LogP contribution is 2.37. The molecule has 1 saturated heterocycles. The van der Waals surface area contributed by atoms with Gasteiger partial charge in [0.1, 0.15) is 0 Å². The van der Waals surface area contributed by atoms with Crippen molar-refractivity contribution in [2.24, 2.45) is 0 Å². The fraction of sp³-hybridized carbons (Fsp3) is 0.613. The number of unbranched alkanes of at least 4 members (excludes halogenated alkanes) is 5. The lowest BCUT2D eigenvalue weighted by molar-refractivity contribution is -0.142. The van der Waals surface area contributed by atoms with E-state index in [4.69, 9.17) is 0 Å². The van der Waals surface area contributed by atoms with Crippen LogP contribution in [0.4, 0.5) is 0 Å². The van der Waals surface area contributed by atoms with Gasteiger partial charge in [0.25, 0.3) is 0 Å². The SMILES string of the molecule is CCCCCCCCC(=O)N1CCN(C(=O)CCN2CCc3sccc3[C@@H]2c2ccc(C)cc2)C[C@H]1C. The van der Waals surface area contributed by atoms with Crippen LogP contribution in [0.2, 0.25) is 0 Å². The quantitative estimate of drug-likeness (QED) is 0.329. The summed E-state index contributed by atoms with van der Waals surface area (Å²) in [4.78, 5) is 34.0. The van der Waals surface area contributed by atoms with Gasteiger partial charge in [-0.05, 0) is 49.3 Å². The van der Waals surface area contributed by atoms with Gasteiger partial charge in [0.05, 0.1) is 6.04 Å². The first-order valence-corrected chi connectivity index (χ1v) is 15.3. The number of amides is 2. The number of rotatable bonds is 11. The summed E-state index contributed by atoms with van der Waals surface area (Å²) in [5.41, 5.74) is 3.98. The molecule has 3 heterocycles. The highest BCUT2D eigenvalue weighted by Gasteiger charge is 2.32. The van der Waals surface area contributed by atoms with Gasteiger partial charge in [0.2, 0.25) is 11.8 Å². The van der Waals surface area contributed by atoms with Crippen molar-refractivity contribution in [1.29, 1.82) is 0 Å². The minimum Gasteiger partial charge on any atom is -0.339 e. The van der Waals surface area contributed by atoms with E-state index in [1.807, 2.05) is 21.1 Å². The number of carbonyl (C=O) groups excluding carboxylic acids is 2. The van der Waals surface area contributed by atoms with E-state index in [0.29, 0.717) is 32.5 Å². The average molecular weight is 524 g/mol. The highest BCUT2D eigenvalue weighted by molar-refractivity contribution is 7.10. The van der Waals surface area contributed by atoms with Crippen LogP contribution in [-0.2, 0) is 16.0 Å². The minimum absolute atomic E-state index is 0.0916. The number of nitrogens with zero attached hydrogens (tertiary/aromatic N) is 3. The van der Waals surface area contributed by atoms with Gasteiger partial charge in [-0.3, -0.25) is 14.5 Å². The monoisotopic (exact) mass is 523 g/mol. The Kier molecular flexibility index (Phi) is 10.2. The Morgan fingerprint density at radius 1 is 0.919 bits per heavy atom. The molecule has 6 heteroatoms. The Balaban J connectivity index is 1.27. The van der Waals surface area contributed by atoms with Crippen LogP contribution < -0.4 is 0 Å². The molecule has 0 aliphatic carbocycles. The molecule has 2 aliphatic rings. The Labute approximate surface area is 227 Å². The van der Waals surface area contributed by atoms with Crippen LogP contribution in [0.5, 0.6) is 0 Å². The van der Waals surface area contributed by atoms with E-state index in [1.54, 1.807) is 0 Å². The van der Waals surface area contributed by atoms with Gasteiger partial charge in [-0.25, -0.2) is 0 Å². The van der Waals surface area contributed by atoms with Crippen molar-refractivity contribution in [3.8, 4) is 0 Å². The molecule has 1 fully saturated rings. The summed E-state index contributed by atoms with van der Waals surface area (Å²) in [7, 11) is 0. The van der Waals surface area contributed by atoms with Crippen LogP contribution in [0.25, 0.3) is 0 Å². The third kappa shape index (κ3) is 7.23. The third-order valence-corrected chi connectivity index (χ3v) is 9.11. The van der Waals surface area contributed by atoms with Crippen LogP contribution in [0, 0.1) is 6.92 Å². The molecular formula is C31H45N3O2S. The maximum Gasteiger partial charge on any atom is 0.223 e. The summed E-state index contributed by atoms with van der Waals surface area (Å²) in [6.45, 7) is 10.2. The number of benzene rings is 1. The summed E-state index contributed by atoms with van der Waals surface area (Å²) in [6, 6.07) is 11.4. The zero-order valence-electron chi connectivity index (χ0n) is 23.1. The number of hydrogen-bond donors (Lipinski definition) is 0. The number of thiophene rings is 1. The van der Waals surface area contributed by atoms with Crippen LogP contribution >= 0.6 is 11.3 Å². The van der Waals surface area contributed by atoms with Crippen molar-refractivity contribution in [2.45, 2.75) is 90.6 Å². The van der Waals surface area contributed by atoms with E-state index in [2.05, 4.69) is 61.4 Å². The molecule has 2 aromatic rings. The van der Waals surface area contributed by atoms with E-state index >= 15 is 0 Å². The molecule has 0 N–H and O–H groups in total. The van der Waals surface area contributed by atoms with E-state index in [0.717, 1.165) is 32.4 Å². The largest absolute Gasteiger partial charge is 0.339 e. The molecule has 37 heavy (non-hydrogen) atoms. The van der Waals surface area contributed by atoms with Crippen LogP contribution in [0.1, 0.15) is 92.8 Å². The predicted molar refractivity (Wildman–Crippen MR) is 153 cm³/mol. The van der Waals surface area contributed by atoms with Gasteiger partial charge in [-0.2, -0.15) is 0 Å². The second-order valence-corrected chi connectivity index (χ2v) is 11.9. The van der Waals surface area contributed by atoms with Crippen molar-refractivity contribution in [1.82, 2.24) is 14.7 Å². The first-order valence-electron chi connectivity index (χ1n) is 14.4. The van der Waals surface area contributed by atoms with Gasteiger partial charge in [-0.15, -0.1) is 11.3 Å². The van der Waals surface area contributed by atoms with Crippen LogP contribution in [0.3, 0.4) is 0 Å². The molecule has 0 spiro atoms. The zero-order chi connectivity index (χ0) is 26.2. The predicted octanol–water partition coefficient (Wildman–Crippen LogP) is 6.20. The van der Waals surface area contributed by atoms with Crippen molar-refractivity contribution < 1.29 is 9.59 Å². The normalized spacial score (nSPS) is 20.2. The molecule has 2 atom stereocenters. The Morgan fingerprint density at radius 3 is 2.43 bits per heavy atom. The van der Waals surface area contributed by atoms with E-state index in [-0.39, 0.29) is 23.9 Å². The molecule has 1 aromatic carbocycles. The summed E-state index contributed by atoms with van der Waals surface area (Å²) >= 11 is 1.85. The van der Waals surface area contributed by atoms with Crippen LogP contribution in [0.15, 0.2) is 35.7 Å². The first-order chi connectivity index (χ1) is 18.0. The van der Waals surface area contributed by atoms with Gasteiger partial charge in [-0.1, -0.05) is 68.9 Å². The van der Waals surface area contributed by atoms with Crippen molar-refractivity contribution in [2.75, 3.05) is 32.7 Å². The Hall–Kier alpha value is -2.18. The summed E-state index contributed by atoms with van der Waals surface area (Å²) in [5, 5.41) is 2.20. The highest BCUT2D eigenvalue weighted by atomic mass is 32.1. The molecule has 2 amide bonds. The first kappa shape index (κ1) is 27.8. The lowest BCUT2D eigenvalue weighted by Gasteiger charge is -2.41. The summed E-state index contributed by atoms with van der Waals surface area (Å²) in [6.07, 6.45) is 9.41. The topological polar surface area (TPSA) is 43.9 Å². The molecule has 0 radical (unpaired) electrons. The average Bonchev–Trinajstić information content (AvgIpc) is 3.38. The summed E-state index contributed by atoms with van der Waals surface area (Å²) in [5.74, 6) is 0.476. The zero-order valence-corrected chi connectivity index (χ0v) is 23.9. The third-order valence-electron chi connectivity index (χ3n) is 8.12. The summed E-state index contributed by atoms with van der Waals surface area (Å²) < 4.78 is 0. The van der Waals surface area contributed by atoms with E-state index < -0.39 is 0 Å². The number of fused-ring (bicyclic) bond motifs is 1. The maximum atomic E-state index is 13.2. The molecule has 0 bridgehead atoms. The molecule has 0 unspecified atom stereocenters. The maximum absolute atomic E-state index is 13.2. The fourth-order valence-electron chi connectivity index (χ4n) is 5.90.